The normalized spacial score (nSPS) is 13.2. The number of rotatable bonds is 3. The van der Waals surface area contributed by atoms with Crippen LogP contribution in [-0.4, -0.2) is 35.4 Å². The van der Waals surface area contributed by atoms with Gasteiger partial charge in [-0.1, -0.05) is 190 Å². The highest BCUT2D eigenvalue weighted by Crippen LogP contribution is 2.47. The van der Waals surface area contributed by atoms with Gasteiger partial charge in [0, 0.05) is 22.3 Å². The molecule has 8 nitrogen and oxygen atoms in total. The molecule has 1 aromatic heterocycles. The summed E-state index contributed by atoms with van der Waals surface area (Å²) in [4.78, 5) is 15.2. The predicted molar refractivity (Wildman–Crippen MR) is 284 cm³/mol. The molecule has 0 unspecified atom stereocenters. The summed E-state index contributed by atoms with van der Waals surface area (Å²) in [5.41, 5.74) is 7.13. The summed E-state index contributed by atoms with van der Waals surface area (Å²) < 4.78 is 0. The molecule has 68 heavy (non-hydrogen) atoms. The fourth-order valence-electron chi connectivity index (χ4n) is 7.89. The first kappa shape index (κ1) is 55.2. The van der Waals surface area contributed by atoms with Crippen molar-refractivity contribution in [3.05, 3.63) is 98.6 Å². The van der Waals surface area contributed by atoms with E-state index in [1.165, 1.54) is 0 Å². The highest BCUT2D eigenvalue weighted by molar-refractivity contribution is 5.77. The van der Waals surface area contributed by atoms with Gasteiger partial charge in [-0.25, -0.2) is 15.0 Å². The van der Waals surface area contributed by atoms with Crippen LogP contribution in [0.1, 0.15) is 216 Å². The van der Waals surface area contributed by atoms with E-state index in [-0.39, 0.29) is 83.8 Å². The molecular weight excluding hydrogens is 841 g/mol. The number of hydrogen-bond acceptors (Lipinski definition) is 8. The maximum atomic E-state index is 12.0. The lowest BCUT2D eigenvalue weighted by Crippen LogP contribution is -2.18. The molecule has 0 aliphatic heterocycles. The van der Waals surface area contributed by atoms with Crippen molar-refractivity contribution < 1.29 is 20.4 Å². The van der Waals surface area contributed by atoms with Gasteiger partial charge in [0.15, 0.2) is 17.5 Å². The zero-order valence-electron chi connectivity index (χ0n) is 46.2. The highest BCUT2D eigenvalue weighted by atomic mass is 16.3. The third-order valence-corrected chi connectivity index (χ3v) is 12.6. The summed E-state index contributed by atoms with van der Waals surface area (Å²) in [6, 6.07) is 18.0. The molecule has 5 rings (SSSR count). The Kier molecular flexibility index (Phi) is 14.7. The van der Waals surface area contributed by atoms with Gasteiger partial charge in [-0.15, -0.1) is 0 Å². The predicted octanol–water partition coefficient (Wildman–Crippen LogP) is 15.6. The Morgan fingerprint density at radius 3 is 0.706 bits per heavy atom. The molecule has 0 aliphatic carbocycles. The molecule has 0 aliphatic rings. The molecule has 5 aromatic rings. The van der Waals surface area contributed by atoms with Crippen LogP contribution in [0.4, 0.5) is 0 Å². The van der Waals surface area contributed by atoms with Crippen LogP contribution in [0.5, 0.6) is 23.0 Å². The molecule has 368 valence electrons. The average molecular weight is 925 g/mol. The molecule has 0 fully saturated rings. The summed E-state index contributed by atoms with van der Waals surface area (Å²) in [7, 11) is 0. The molecule has 0 spiro atoms. The molecule has 0 bridgehead atoms. The number of aromatic hydroxyl groups is 4. The Labute approximate surface area is 410 Å². The number of phenols is 4. The van der Waals surface area contributed by atoms with Crippen molar-refractivity contribution in [3.63, 3.8) is 0 Å². The van der Waals surface area contributed by atoms with Gasteiger partial charge in [-0.3, -0.25) is 0 Å². The van der Waals surface area contributed by atoms with Crippen molar-refractivity contribution in [1.82, 2.24) is 15.0 Å². The molecule has 4 aromatic carbocycles. The number of phenolic OH excluding ortho intramolecular Hbond substituents is 4. The van der Waals surface area contributed by atoms with E-state index in [2.05, 4.69) is 170 Å². The quantitative estimate of drug-likeness (QED) is 0.140. The third kappa shape index (κ3) is 12.2. The molecular formula is C60H84N4O4. The van der Waals surface area contributed by atoms with Crippen molar-refractivity contribution in [3.8, 4) is 63.2 Å². The summed E-state index contributed by atoms with van der Waals surface area (Å²) in [5, 5.41) is 55.2. The topological polar surface area (TPSA) is 143 Å². The Morgan fingerprint density at radius 1 is 0.309 bits per heavy atom. The monoisotopic (exact) mass is 925 g/mol. The van der Waals surface area contributed by atoms with Crippen molar-refractivity contribution in [2.75, 3.05) is 0 Å². The second kappa shape index (κ2) is 18.2. The summed E-state index contributed by atoms with van der Waals surface area (Å²) >= 11 is 0. The van der Waals surface area contributed by atoms with E-state index in [4.69, 9.17) is 20.2 Å². The van der Waals surface area contributed by atoms with E-state index in [9.17, 15) is 20.4 Å². The van der Waals surface area contributed by atoms with Crippen LogP contribution in [-0.2, 0) is 43.3 Å². The van der Waals surface area contributed by atoms with E-state index >= 15 is 0 Å². The minimum atomic E-state index is -0.374. The van der Waals surface area contributed by atoms with Gasteiger partial charge in [0.05, 0.1) is 22.3 Å². The molecule has 8 heteroatoms. The standard InChI is InChI=1S/C45H63N3O3.C15H21NO/c1-40(2,3)25-19-28(34(49)31(22-25)43(10,11)12)37-46-38(29-20-26(41(4,5)6)23-32(35(29)50)44(13,14)15)48-39(47-37)30-21-27(42(7,8)9)24-33(36(30)51)45(16,17)18;1-14(2,3)11-7-10(9-16)13(17)12(8-11)15(4,5)6/h19-24,49-51H,1-18H3;7-8,17H,1-6H3. The molecule has 0 atom stereocenters. The zero-order chi connectivity index (χ0) is 52.5. The smallest absolute Gasteiger partial charge is 0.167 e. The van der Waals surface area contributed by atoms with Crippen LogP contribution in [0, 0.1) is 11.3 Å². The lowest BCUT2D eigenvalue weighted by molar-refractivity contribution is 0.442. The SMILES string of the molecule is CC(C)(C)c1cc(-c2nc(-c3cc(C(C)(C)C)cc(C(C)(C)C)c3O)nc(-c3cc(C(C)(C)C)cc(C(C)(C)C)c3O)n2)c(O)c(C(C)(C)C)c1.CC(C)(C)c1cc(C#N)c(O)c(C(C)(C)C)c1. The molecule has 4 N–H and O–H groups in total. The van der Waals surface area contributed by atoms with Gasteiger partial charge in [0.25, 0.3) is 0 Å². The zero-order valence-corrected chi connectivity index (χ0v) is 46.2. The first-order chi connectivity index (χ1) is 30.4. The molecule has 0 amide bonds. The number of nitriles is 1. The summed E-state index contributed by atoms with van der Waals surface area (Å²) in [6.07, 6.45) is 0. The Bertz CT molecular complexity index is 2490. The Balaban J connectivity index is 0.000000498. The maximum absolute atomic E-state index is 12.0. The second-order valence-corrected chi connectivity index (χ2v) is 27.1. The lowest BCUT2D eigenvalue weighted by atomic mass is 9.78. The van der Waals surface area contributed by atoms with Gasteiger partial charge >= 0.3 is 0 Å². The van der Waals surface area contributed by atoms with Crippen molar-refractivity contribution >= 4 is 0 Å². The second-order valence-electron chi connectivity index (χ2n) is 27.1. The van der Waals surface area contributed by atoms with Gasteiger partial charge in [-0.05, 0) is 89.8 Å². The Hall–Kier alpha value is -5.42. The van der Waals surface area contributed by atoms with Crippen LogP contribution < -0.4 is 0 Å². The van der Waals surface area contributed by atoms with E-state index in [1.54, 1.807) is 6.07 Å². The highest BCUT2D eigenvalue weighted by Gasteiger charge is 2.32. The Morgan fingerprint density at radius 2 is 0.515 bits per heavy atom. The van der Waals surface area contributed by atoms with Gasteiger partial charge in [0.2, 0.25) is 0 Å². The largest absolute Gasteiger partial charge is 0.507 e. The molecule has 0 radical (unpaired) electrons. The van der Waals surface area contributed by atoms with Gasteiger partial charge in [0.1, 0.15) is 29.1 Å². The maximum Gasteiger partial charge on any atom is 0.167 e. The van der Waals surface area contributed by atoms with E-state index < -0.39 is 0 Å². The minimum absolute atomic E-state index is 0.0285. The van der Waals surface area contributed by atoms with Crippen molar-refractivity contribution in [2.24, 2.45) is 0 Å². The summed E-state index contributed by atoms with van der Waals surface area (Å²) in [5.74, 6) is 1.21. The van der Waals surface area contributed by atoms with Crippen molar-refractivity contribution in [2.45, 2.75) is 209 Å². The first-order valence-corrected chi connectivity index (χ1v) is 24.1. The minimum Gasteiger partial charge on any atom is -0.507 e. The van der Waals surface area contributed by atoms with Crippen LogP contribution in [0.3, 0.4) is 0 Å². The van der Waals surface area contributed by atoms with E-state index in [0.717, 1.165) is 44.5 Å². The molecule has 0 saturated carbocycles. The number of hydrogen-bond donors (Lipinski definition) is 4. The molecule has 0 saturated heterocycles. The van der Waals surface area contributed by atoms with Crippen LogP contribution in [0.25, 0.3) is 34.2 Å². The average Bonchev–Trinajstić information content (AvgIpc) is 3.14. The molecule has 1 heterocycles. The van der Waals surface area contributed by atoms with Crippen molar-refractivity contribution in [1.29, 1.82) is 5.26 Å². The number of nitrogens with zero attached hydrogens (tertiary/aromatic N) is 4. The number of benzene rings is 4. The van der Waals surface area contributed by atoms with Gasteiger partial charge in [-0.2, -0.15) is 5.26 Å². The third-order valence-electron chi connectivity index (χ3n) is 12.6. The summed E-state index contributed by atoms with van der Waals surface area (Å²) in [6.45, 7) is 50.5. The fraction of sp³-hybridized carbons (Fsp3) is 0.533. The lowest BCUT2D eigenvalue weighted by Gasteiger charge is -2.28. The fourth-order valence-corrected chi connectivity index (χ4v) is 7.89. The van der Waals surface area contributed by atoms with Gasteiger partial charge < -0.3 is 20.4 Å². The van der Waals surface area contributed by atoms with Crippen LogP contribution in [0.15, 0.2) is 48.5 Å². The van der Waals surface area contributed by atoms with E-state index in [0.29, 0.717) is 22.3 Å². The van der Waals surface area contributed by atoms with Crippen LogP contribution >= 0.6 is 0 Å². The van der Waals surface area contributed by atoms with E-state index in [1.807, 2.05) is 45.0 Å². The number of aromatic nitrogens is 3. The first-order valence-electron chi connectivity index (χ1n) is 24.1. The van der Waals surface area contributed by atoms with Crippen LogP contribution in [0.2, 0.25) is 0 Å².